The van der Waals surface area contributed by atoms with Crippen LogP contribution in [0.3, 0.4) is 0 Å². The van der Waals surface area contributed by atoms with Crippen molar-refractivity contribution >= 4 is 11.0 Å². The molecule has 0 aliphatic rings. The zero-order valence-electron chi connectivity index (χ0n) is 7.08. The zero-order chi connectivity index (χ0) is 8.69. The van der Waals surface area contributed by atoms with E-state index >= 15 is 0 Å². The molecule has 68 valence electrons. The fourth-order valence-electron chi connectivity index (χ4n) is 0.966. The average Bonchev–Trinajstić information content (AvgIpc) is 1.87. The first kappa shape index (κ1) is 10.9. The van der Waals surface area contributed by atoms with Crippen molar-refractivity contribution in [1.82, 2.24) is 0 Å². The van der Waals surface area contributed by atoms with Crippen molar-refractivity contribution in [3.8, 4) is 0 Å². The Balaban J connectivity index is 3.23. The van der Waals surface area contributed by atoms with E-state index < -0.39 is 11.0 Å². The fraction of sp³-hybridized carbons (Fsp3) is 1.00. The van der Waals surface area contributed by atoms with E-state index in [0.29, 0.717) is 12.5 Å². The molecule has 0 N–H and O–H groups in total. The normalized spacial score (nSPS) is 13.7. The van der Waals surface area contributed by atoms with Crippen molar-refractivity contribution in [2.75, 3.05) is 6.61 Å². The van der Waals surface area contributed by atoms with Crippen LogP contribution in [0.4, 0.5) is 0 Å². The summed E-state index contributed by atoms with van der Waals surface area (Å²) in [6.07, 6.45) is 3.11. The van der Waals surface area contributed by atoms with Gasteiger partial charge >= 0.3 is 0 Å². The third-order valence-electron chi connectivity index (χ3n) is 1.59. The van der Waals surface area contributed by atoms with Gasteiger partial charge in [-0.15, -0.1) is 0 Å². The highest BCUT2D eigenvalue weighted by atomic mass is 32.2. The summed E-state index contributed by atoms with van der Waals surface area (Å²) in [5, 5.41) is 0. The highest BCUT2D eigenvalue weighted by Crippen LogP contribution is 2.09. The number of thiol groups is 1. The molecule has 0 aliphatic heterocycles. The van der Waals surface area contributed by atoms with Crippen LogP contribution in [0.5, 0.6) is 0 Å². The first-order valence-corrected chi connectivity index (χ1v) is 5.03. The molecule has 0 aromatic carbocycles. The lowest BCUT2D eigenvalue weighted by atomic mass is 10.0. The molecule has 0 aliphatic carbocycles. The van der Waals surface area contributed by atoms with Crippen molar-refractivity contribution in [3.63, 3.8) is 0 Å². The standard InChI is InChI=1S/C7H16O3S/c1-3-4-7(2)5-6-10-11(8)9/h7,11H,3-6H2,1-2H3. The second kappa shape index (κ2) is 6.61. The number of hydrogen-bond donors (Lipinski definition) is 1. The van der Waals surface area contributed by atoms with Crippen molar-refractivity contribution in [2.45, 2.75) is 33.1 Å². The molecule has 0 aromatic rings. The summed E-state index contributed by atoms with van der Waals surface area (Å²) in [7, 11) is -2.64. The maximum Gasteiger partial charge on any atom is 0.257 e. The molecule has 4 heteroatoms. The van der Waals surface area contributed by atoms with E-state index in [2.05, 4.69) is 18.0 Å². The van der Waals surface area contributed by atoms with E-state index in [4.69, 9.17) is 0 Å². The molecule has 11 heavy (non-hydrogen) atoms. The van der Waals surface area contributed by atoms with Gasteiger partial charge in [-0.1, -0.05) is 26.7 Å². The minimum atomic E-state index is -2.64. The Hall–Kier alpha value is -0.0900. The van der Waals surface area contributed by atoms with Gasteiger partial charge in [-0.3, -0.25) is 4.18 Å². The van der Waals surface area contributed by atoms with E-state index in [9.17, 15) is 8.42 Å². The third-order valence-corrected chi connectivity index (χ3v) is 1.98. The predicted octanol–water partition coefficient (Wildman–Crippen LogP) is 1.36. The maximum absolute atomic E-state index is 9.95. The van der Waals surface area contributed by atoms with E-state index in [1.807, 2.05) is 0 Å². The smallest absolute Gasteiger partial charge is 0.257 e. The van der Waals surface area contributed by atoms with Crippen LogP contribution in [0.15, 0.2) is 0 Å². The van der Waals surface area contributed by atoms with Crippen LogP contribution >= 0.6 is 0 Å². The molecule has 0 amide bonds. The second-order valence-electron chi connectivity index (χ2n) is 2.74. The topological polar surface area (TPSA) is 43.4 Å². The molecule has 0 heterocycles. The number of rotatable bonds is 6. The average molecular weight is 180 g/mol. The van der Waals surface area contributed by atoms with Gasteiger partial charge in [0.2, 0.25) is 0 Å². The highest BCUT2D eigenvalue weighted by Gasteiger charge is 1.99. The van der Waals surface area contributed by atoms with E-state index in [-0.39, 0.29) is 0 Å². The minimum absolute atomic E-state index is 0.333. The SMILES string of the molecule is CCCC(C)CCO[SH](=O)=O. The van der Waals surface area contributed by atoms with Gasteiger partial charge in [-0.25, -0.2) is 8.42 Å². The van der Waals surface area contributed by atoms with Gasteiger partial charge in [0.1, 0.15) is 0 Å². The molecule has 0 radical (unpaired) electrons. The molecule has 3 nitrogen and oxygen atoms in total. The van der Waals surface area contributed by atoms with Crippen LogP contribution in [-0.2, 0) is 15.2 Å². The van der Waals surface area contributed by atoms with Crippen LogP contribution in [0.2, 0.25) is 0 Å². The van der Waals surface area contributed by atoms with Gasteiger partial charge in [0.15, 0.2) is 0 Å². The van der Waals surface area contributed by atoms with Crippen LogP contribution in [-0.4, -0.2) is 15.0 Å². The van der Waals surface area contributed by atoms with Crippen molar-refractivity contribution in [1.29, 1.82) is 0 Å². The Morgan fingerprint density at radius 1 is 1.36 bits per heavy atom. The molecule has 1 atom stereocenters. The summed E-state index contributed by atoms with van der Waals surface area (Å²) in [5.41, 5.74) is 0. The molecule has 0 rings (SSSR count). The molecule has 0 fully saturated rings. The van der Waals surface area contributed by atoms with E-state index in [0.717, 1.165) is 19.3 Å². The Morgan fingerprint density at radius 3 is 2.45 bits per heavy atom. The summed E-state index contributed by atoms with van der Waals surface area (Å²) in [5.74, 6) is 0.565. The number of hydrogen-bond acceptors (Lipinski definition) is 3. The summed E-state index contributed by atoms with van der Waals surface area (Å²) in [4.78, 5) is 0. The Kier molecular flexibility index (Phi) is 6.56. The van der Waals surface area contributed by atoms with Crippen LogP contribution in [0.25, 0.3) is 0 Å². The van der Waals surface area contributed by atoms with Gasteiger partial charge in [-0.05, 0) is 12.3 Å². The monoisotopic (exact) mass is 180 g/mol. The summed E-state index contributed by atoms with van der Waals surface area (Å²) in [6, 6.07) is 0. The Morgan fingerprint density at radius 2 is 2.00 bits per heavy atom. The quantitative estimate of drug-likeness (QED) is 0.627. The molecule has 1 unspecified atom stereocenters. The molecular formula is C7H16O3S. The molecule has 0 bridgehead atoms. The second-order valence-corrected chi connectivity index (χ2v) is 3.44. The lowest BCUT2D eigenvalue weighted by Gasteiger charge is -2.06. The lowest BCUT2D eigenvalue weighted by molar-refractivity contribution is 0.293. The Labute approximate surface area is 69.9 Å². The molecule has 0 spiro atoms. The molecular weight excluding hydrogens is 164 g/mol. The predicted molar refractivity (Wildman–Crippen MR) is 45.0 cm³/mol. The maximum atomic E-state index is 9.95. The summed E-state index contributed by atoms with van der Waals surface area (Å²) >= 11 is 0. The molecule has 0 aromatic heterocycles. The van der Waals surface area contributed by atoms with E-state index in [1.54, 1.807) is 0 Å². The first-order chi connectivity index (χ1) is 5.16. The highest BCUT2D eigenvalue weighted by molar-refractivity contribution is 7.67. The van der Waals surface area contributed by atoms with Gasteiger partial charge < -0.3 is 0 Å². The van der Waals surface area contributed by atoms with Crippen molar-refractivity contribution in [2.24, 2.45) is 5.92 Å². The van der Waals surface area contributed by atoms with Crippen molar-refractivity contribution in [3.05, 3.63) is 0 Å². The summed E-state index contributed by atoms with van der Waals surface area (Å²) in [6.45, 7) is 4.55. The third kappa shape index (κ3) is 7.81. The summed E-state index contributed by atoms with van der Waals surface area (Å²) < 4.78 is 24.3. The lowest BCUT2D eigenvalue weighted by Crippen LogP contribution is -2.00. The largest absolute Gasteiger partial charge is 0.272 e. The fourth-order valence-corrected chi connectivity index (χ4v) is 1.22. The Bertz CT molecular complexity index is 146. The minimum Gasteiger partial charge on any atom is -0.272 e. The first-order valence-electron chi connectivity index (χ1n) is 3.94. The zero-order valence-corrected chi connectivity index (χ0v) is 7.97. The van der Waals surface area contributed by atoms with Crippen molar-refractivity contribution < 1.29 is 12.6 Å². The molecule has 0 saturated heterocycles. The van der Waals surface area contributed by atoms with Gasteiger partial charge in [0, 0.05) is 0 Å². The van der Waals surface area contributed by atoms with Gasteiger partial charge in [0.05, 0.1) is 6.61 Å². The van der Waals surface area contributed by atoms with Gasteiger partial charge in [0.25, 0.3) is 11.0 Å². The van der Waals surface area contributed by atoms with Gasteiger partial charge in [-0.2, -0.15) is 0 Å². The van der Waals surface area contributed by atoms with E-state index in [1.165, 1.54) is 0 Å². The van der Waals surface area contributed by atoms with Crippen LogP contribution < -0.4 is 0 Å². The molecule has 0 saturated carbocycles. The van der Waals surface area contributed by atoms with Crippen LogP contribution in [0, 0.1) is 5.92 Å². The van der Waals surface area contributed by atoms with Crippen LogP contribution in [0.1, 0.15) is 33.1 Å².